The Labute approximate surface area is 255 Å². The maximum Gasteiger partial charge on any atom is 0.306 e. The first-order valence-electron chi connectivity index (χ1n) is 16.0. The Morgan fingerprint density at radius 3 is 2.40 bits per heavy atom. The fraction of sp³-hybridized carbons (Fsp3) is 0.765. The quantitative estimate of drug-likeness (QED) is 0.155. The summed E-state index contributed by atoms with van der Waals surface area (Å²) in [6.07, 6.45) is 11.6. The van der Waals surface area contributed by atoms with Crippen molar-refractivity contribution in [2.75, 3.05) is 6.61 Å². The van der Waals surface area contributed by atoms with Crippen molar-refractivity contribution in [1.29, 1.82) is 0 Å². The van der Waals surface area contributed by atoms with Gasteiger partial charge in [-0.3, -0.25) is 19.2 Å². The molecule has 4 aliphatic carbocycles. The summed E-state index contributed by atoms with van der Waals surface area (Å²) in [5.74, 6) is -2.07. The molecule has 8 atom stereocenters. The van der Waals surface area contributed by atoms with E-state index in [1.807, 2.05) is 33.8 Å². The molecule has 4 rings (SSSR count). The number of rotatable bonds is 12. The van der Waals surface area contributed by atoms with Gasteiger partial charge < -0.3 is 14.6 Å². The van der Waals surface area contributed by atoms with E-state index in [1.165, 1.54) is 6.08 Å². The highest BCUT2D eigenvalue weighted by molar-refractivity contribution is 6.26. The van der Waals surface area contributed by atoms with E-state index in [0.717, 1.165) is 31.3 Å². The van der Waals surface area contributed by atoms with E-state index in [1.54, 1.807) is 6.08 Å². The van der Waals surface area contributed by atoms with Crippen LogP contribution in [0.4, 0.5) is 0 Å². The number of ketones is 2. The minimum atomic E-state index is -1.56. The number of carbonyl (C=O) groups is 4. The summed E-state index contributed by atoms with van der Waals surface area (Å²) < 4.78 is 11.8. The predicted molar refractivity (Wildman–Crippen MR) is 161 cm³/mol. The van der Waals surface area contributed by atoms with Crippen LogP contribution in [-0.2, 0) is 28.7 Å². The summed E-state index contributed by atoms with van der Waals surface area (Å²) in [4.78, 5) is 51.2. The molecule has 0 heterocycles. The van der Waals surface area contributed by atoms with Crippen LogP contribution in [0.2, 0.25) is 0 Å². The van der Waals surface area contributed by atoms with E-state index in [0.29, 0.717) is 32.1 Å². The molecule has 8 unspecified atom stereocenters. The van der Waals surface area contributed by atoms with Crippen LogP contribution in [0.25, 0.3) is 0 Å². The Kier molecular flexibility index (Phi) is 9.84. The maximum absolute atomic E-state index is 14.3. The lowest BCUT2D eigenvalue weighted by Gasteiger charge is -2.64. The molecule has 0 aromatic rings. The molecule has 7 nitrogen and oxygen atoms in total. The number of alkyl halides is 1. The van der Waals surface area contributed by atoms with Crippen molar-refractivity contribution in [3.05, 3.63) is 23.8 Å². The zero-order valence-electron chi connectivity index (χ0n) is 26.0. The largest absolute Gasteiger partial charge is 0.457 e. The van der Waals surface area contributed by atoms with Crippen LogP contribution in [0.5, 0.6) is 0 Å². The number of aliphatic hydroxyl groups is 1. The highest BCUT2D eigenvalue weighted by atomic mass is 35.5. The van der Waals surface area contributed by atoms with Gasteiger partial charge in [0, 0.05) is 29.6 Å². The van der Waals surface area contributed by atoms with Crippen molar-refractivity contribution < 1.29 is 33.8 Å². The molecule has 3 fully saturated rings. The normalized spacial score (nSPS) is 38.6. The summed E-state index contributed by atoms with van der Waals surface area (Å²) in [6.45, 7) is 9.49. The number of carbonyl (C=O) groups excluding carboxylic acids is 4. The average molecular weight is 605 g/mol. The number of unbranched alkanes of at least 4 members (excludes halogenated alkanes) is 4. The molecule has 0 bridgehead atoms. The monoisotopic (exact) mass is 604 g/mol. The van der Waals surface area contributed by atoms with Gasteiger partial charge in [-0.1, -0.05) is 72.0 Å². The Balaban J connectivity index is 1.71. The van der Waals surface area contributed by atoms with Gasteiger partial charge in [0.15, 0.2) is 18.0 Å². The third-order valence-electron chi connectivity index (χ3n) is 11.2. The van der Waals surface area contributed by atoms with Gasteiger partial charge in [0.1, 0.15) is 0 Å². The van der Waals surface area contributed by atoms with Gasteiger partial charge in [-0.05, 0) is 62.5 Å². The van der Waals surface area contributed by atoms with Gasteiger partial charge in [0.05, 0.1) is 11.0 Å². The number of ether oxygens (including phenoxy) is 2. The smallest absolute Gasteiger partial charge is 0.306 e. The molecule has 42 heavy (non-hydrogen) atoms. The van der Waals surface area contributed by atoms with Gasteiger partial charge in [-0.2, -0.15) is 0 Å². The second-order valence-corrected chi connectivity index (χ2v) is 14.2. The van der Waals surface area contributed by atoms with Gasteiger partial charge in [0.2, 0.25) is 5.78 Å². The molecule has 0 radical (unpaired) electrons. The van der Waals surface area contributed by atoms with Gasteiger partial charge in [-0.15, -0.1) is 11.6 Å². The molecule has 1 N–H and O–H groups in total. The number of allylic oxidation sites excluding steroid dienone is 4. The second-order valence-electron chi connectivity index (χ2n) is 13.6. The molecular weight excluding hydrogens is 556 g/mol. The molecule has 0 saturated heterocycles. The zero-order chi connectivity index (χ0) is 30.9. The lowest BCUT2D eigenvalue weighted by atomic mass is 9.45. The summed E-state index contributed by atoms with van der Waals surface area (Å²) in [7, 11) is 0. The van der Waals surface area contributed by atoms with E-state index in [9.17, 15) is 24.3 Å². The highest BCUT2D eigenvalue weighted by Crippen LogP contribution is 2.72. The Hall–Kier alpha value is -1.99. The molecule has 8 heteroatoms. The SMILES string of the molecule is CCCCCCC(=O)OC1(C(=O)COC(=O)CCCC)C(C)CC2C3CCC4=CC(=O)C=CC4(C)C3(Cl)C(O)CC21C. The predicted octanol–water partition coefficient (Wildman–Crippen LogP) is 6.43. The van der Waals surface area contributed by atoms with E-state index < -0.39 is 51.7 Å². The lowest BCUT2D eigenvalue weighted by Crippen LogP contribution is -2.69. The molecule has 0 amide bonds. The number of fused-ring (bicyclic) bond motifs is 5. The first kappa shape index (κ1) is 32.9. The summed E-state index contributed by atoms with van der Waals surface area (Å²) >= 11 is 7.58. The molecule has 0 spiro atoms. The number of esters is 2. The minimum absolute atomic E-state index is 0.0743. The van der Waals surface area contributed by atoms with Gasteiger partial charge in [0.25, 0.3) is 0 Å². The van der Waals surface area contributed by atoms with Gasteiger partial charge >= 0.3 is 11.9 Å². The average Bonchev–Trinajstić information content (AvgIpc) is 3.16. The van der Waals surface area contributed by atoms with Crippen LogP contribution in [0.3, 0.4) is 0 Å². The second kappa shape index (κ2) is 12.6. The zero-order valence-corrected chi connectivity index (χ0v) is 26.8. The van der Waals surface area contributed by atoms with Crippen LogP contribution in [-0.4, -0.2) is 51.8 Å². The molecule has 234 valence electrons. The van der Waals surface area contributed by atoms with Crippen LogP contribution in [0.1, 0.15) is 112 Å². The molecule has 0 aromatic carbocycles. The number of hydrogen-bond donors (Lipinski definition) is 1. The van der Waals surface area contributed by atoms with Crippen LogP contribution >= 0.6 is 11.6 Å². The summed E-state index contributed by atoms with van der Waals surface area (Å²) in [5.41, 5.74) is -2.28. The van der Waals surface area contributed by atoms with E-state index in [-0.39, 0.29) is 42.8 Å². The maximum atomic E-state index is 14.3. The van der Waals surface area contributed by atoms with E-state index >= 15 is 0 Å². The topological polar surface area (TPSA) is 107 Å². The molecule has 0 aliphatic heterocycles. The Bertz CT molecular complexity index is 1140. The van der Waals surface area contributed by atoms with Crippen molar-refractivity contribution in [2.45, 2.75) is 128 Å². The summed E-state index contributed by atoms with van der Waals surface area (Å²) in [5, 5.41) is 12.0. The van der Waals surface area contributed by atoms with Crippen LogP contribution in [0.15, 0.2) is 23.8 Å². The first-order valence-corrected chi connectivity index (χ1v) is 16.4. The van der Waals surface area contributed by atoms with Crippen molar-refractivity contribution in [2.24, 2.45) is 28.6 Å². The Morgan fingerprint density at radius 1 is 1.02 bits per heavy atom. The number of halogens is 1. The van der Waals surface area contributed by atoms with Crippen LogP contribution in [0, 0.1) is 28.6 Å². The van der Waals surface area contributed by atoms with Crippen molar-refractivity contribution in [3.8, 4) is 0 Å². The number of hydrogen-bond acceptors (Lipinski definition) is 7. The van der Waals surface area contributed by atoms with Crippen molar-refractivity contribution in [3.63, 3.8) is 0 Å². The third-order valence-corrected chi connectivity index (χ3v) is 12.1. The number of Topliss-reactive ketones (excluding diaryl/α,β-unsaturated/α-hetero) is 1. The lowest BCUT2D eigenvalue weighted by molar-refractivity contribution is -0.204. The van der Waals surface area contributed by atoms with Crippen LogP contribution < -0.4 is 0 Å². The minimum Gasteiger partial charge on any atom is -0.457 e. The molecular formula is C34H49ClO7. The fourth-order valence-corrected chi connectivity index (χ4v) is 9.49. The standard InChI is InChI=1S/C34H49ClO7/c1-6-8-10-11-13-30(40)42-34(28(38)21-41-29(39)12-9-7-2)22(3)18-26-25-15-14-23-19-24(36)16-17-31(23,4)33(25,35)27(37)20-32(26,34)5/h16-17,19,22,25-27,37H,6-15,18,20-21H2,1-5H3. The molecule has 3 saturated carbocycles. The molecule has 4 aliphatic rings. The summed E-state index contributed by atoms with van der Waals surface area (Å²) in [6, 6.07) is 0. The number of aliphatic hydroxyl groups excluding tert-OH is 1. The van der Waals surface area contributed by atoms with E-state index in [2.05, 4.69) is 6.92 Å². The van der Waals surface area contributed by atoms with Crippen molar-refractivity contribution in [1.82, 2.24) is 0 Å². The third kappa shape index (κ3) is 5.21. The molecule has 0 aromatic heterocycles. The fourth-order valence-electron chi connectivity index (χ4n) is 8.97. The van der Waals surface area contributed by atoms with Crippen molar-refractivity contribution >= 4 is 35.1 Å². The highest BCUT2D eigenvalue weighted by Gasteiger charge is 2.76. The first-order chi connectivity index (χ1) is 19.8. The Morgan fingerprint density at radius 2 is 1.71 bits per heavy atom. The van der Waals surface area contributed by atoms with Gasteiger partial charge in [-0.25, -0.2) is 0 Å². The van der Waals surface area contributed by atoms with E-state index in [4.69, 9.17) is 21.1 Å².